The largest absolute Gasteiger partial charge is 0.467 e. The van der Waals surface area contributed by atoms with E-state index in [1.54, 1.807) is 24.3 Å². The number of fused-ring (bicyclic) bond motifs is 1. The van der Waals surface area contributed by atoms with E-state index in [0.717, 1.165) is 0 Å². The van der Waals surface area contributed by atoms with Crippen LogP contribution in [0.1, 0.15) is 34.1 Å². The molecule has 0 aliphatic carbocycles. The van der Waals surface area contributed by atoms with Gasteiger partial charge in [-0.3, -0.25) is 9.69 Å². The molecular formula is C19H27N3O4. The van der Waals surface area contributed by atoms with Crippen LogP contribution in [-0.2, 0) is 14.3 Å². The zero-order valence-corrected chi connectivity index (χ0v) is 15.9. The van der Waals surface area contributed by atoms with Gasteiger partial charge in [-0.05, 0) is 24.0 Å². The molecule has 7 heteroatoms. The van der Waals surface area contributed by atoms with Crippen LogP contribution in [0.25, 0.3) is 0 Å². The van der Waals surface area contributed by atoms with Crippen LogP contribution in [-0.4, -0.2) is 37.1 Å². The molecule has 0 fully saturated rings. The molecule has 0 unspecified atom stereocenters. The van der Waals surface area contributed by atoms with E-state index in [4.69, 9.17) is 4.74 Å². The highest BCUT2D eigenvalue weighted by Gasteiger charge is 2.40. The fourth-order valence-electron chi connectivity index (χ4n) is 3.10. The van der Waals surface area contributed by atoms with Crippen molar-refractivity contribution in [1.29, 1.82) is 0 Å². The Kier molecular flexibility index (Phi) is 6.23. The Labute approximate surface area is 154 Å². The van der Waals surface area contributed by atoms with Gasteiger partial charge in [0, 0.05) is 0 Å². The summed E-state index contributed by atoms with van der Waals surface area (Å²) in [5, 5.41) is 5.61. The summed E-state index contributed by atoms with van der Waals surface area (Å²) in [7, 11) is 1.30. The van der Waals surface area contributed by atoms with Crippen LogP contribution in [0.3, 0.4) is 0 Å². The van der Waals surface area contributed by atoms with Gasteiger partial charge in [-0.1, -0.05) is 46.2 Å². The molecule has 0 aromatic heterocycles. The number of methoxy groups -OCH3 is 1. The van der Waals surface area contributed by atoms with Crippen molar-refractivity contribution in [2.24, 2.45) is 11.8 Å². The molecule has 26 heavy (non-hydrogen) atoms. The third kappa shape index (κ3) is 3.81. The lowest BCUT2D eigenvalue weighted by molar-refractivity contribution is -0.144. The van der Waals surface area contributed by atoms with E-state index in [1.807, 2.05) is 27.7 Å². The molecule has 1 aliphatic rings. The van der Waals surface area contributed by atoms with Gasteiger partial charge in [0.1, 0.15) is 12.1 Å². The van der Waals surface area contributed by atoms with Crippen molar-refractivity contribution in [3.63, 3.8) is 0 Å². The molecule has 0 saturated heterocycles. The van der Waals surface area contributed by atoms with Gasteiger partial charge in [0.2, 0.25) is 5.91 Å². The van der Waals surface area contributed by atoms with Gasteiger partial charge in [-0.25, -0.2) is 9.59 Å². The van der Waals surface area contributed by atoms with Crippen molar-refractivity contribution >= 4 is 29.3 Å². The number of nitrogens with one attached hydrogen (secondary N) is 2. The molecule has 7 nitrogen and oxygen atoms in total. The number of hydrogen-bond donors (Lipinski definition) is 2. The van der Waals surface area contributed by atoms with Crippen LogP contribution in [0.5, 0.6) is 0 Å². The van der Waals surface area contributed by atoms with Gasteiger partial charge in [0.25, 0.3) is 0 Å². The average molecular weight is 361 g/mol. The van der Waals surface area contributed by atoms with Gasteiger partial charge in [0.15, 0.2) is 0 Å². The summed E-state index contributed by atoms with van der Waals surface area (Å²) in [5.74, 6) is -0.942. The Morgan fingerprint density at radius 3 is 2.50 bits per heavy atom. The molecule has 0 radical (unpaired) electrons. The van der Waals surface area contributed by atoms with Crippen molar-refractivity contribution in [2.45, 2.75) is 46.2 Å². The number of esters is 1. The van der Waals surface area contributed by atoms with E-state index in [1.165, 1.54) is 12.0 Å². The molecule has 0 saturated carbocycles. The summed E-state index contributed by atoms with van der Waals surface area (Å²) >= 11 is 0. The standard InChI is InChI=1S/C19H27N3O4/c1-6-12(4)15(18(24)26-5)21-19(25)22-14-10-8-7-9-13(14)20-17(23)16(22)11(2)3/h7-12,15-16H,6H2,1-5H3,(H,20,23)(H,21,25)/t12-,15-,16-/m0/s1. The number of ether oxygens (including phenoxy) is 1. The number of carbonyl (C=O) groups is 3. The third-order valence-electron chi connectivity index (χ3n) is 4.77. The topological polar surface area (TPSA) is 87.7 Å². The molecular weight excluding hydrogens is 334 g/mol. The van der Waals surface area contributed by atoms with E-state index in [2.05, 4.69) is 10.6 Å². The molecule has 1 aromatic rings. The van der Waals surface area contributed by atoms with Crippen LogP contribution < -0.4 is 15.5 Å². The highest BCUT2D eigenvalue weighted by atomic mass is 16.5. The Balaban J connectivity index is 2.39. The summed E-state index contributed by atoms with van der Waals surface area (Å²) < 4.78 is 4.84. The molecule has 1 heterocycles. The number of nitrogens with zero attached hydrogens (tertiary/aromatic N) is 1. The molecule has 2 rings (SSSR count). The summed E-state index contributed by atoms with van der Waals surface area (Å²) in [6, 6.07) is 5.20. The van der Waals surface area contributed by atoms with Crippen LogP contribution in [0.4, 0.5) is 16.2 Å². The van der Waals surface area contributed by atoms with Crippen molar-refractivity contribution in [1.82, 2.24) is 5.32 Å². The molecule has 1 aliphatic heterocycles. The number of anilines is 2. The number of benzene rings is 1. The summed E-state index contributed by atoms with van der Waals surface area (Å²) in [6.45, 7) is 7.57. The Morgan fingerprint density at radius 2 is 1.92 bits per heavy atom. The summed E-state index contributed by atoms with van der Waals surface area (Å²) in [6.07, 6.45) is 0.699. The number of amides is 3. The van der Waals surface area contributed by atoms with E-state index in [9.17, 15) is 14.4 Å². The minimum Gasteiger partial charge on any atom is -0.467 e. The minimum absolute atomic E-state index is 0.0993. The normalized spacial score (nSPS) is 18.6. The summed E-state index contributed by atoms with van der Waals surface area (Å²) in [5.41, 5.74) is 1.18. The third-order valence-corrected chi connectivity index (χ3v) is 4.77. The fourth-order valence-corrected chi connectivity index (χ4v) is 3.10. The zero-order valence-electron chi connectivity index (χ0n) is 15.9. The molecule has 2 N–H and O–H groups in total. The first-order chi connectivity index (χ1) is 12.3. The smallest absolute Gasteiger partial charge is 0.328 e. The first kappa shape index (κ1) is 19.8. The first-order valence-electron chi connectivity index (χ1n) is 8.89. The Morgan fingerprint density at radius 1 is 1.27 bits per heavy atom. The SMILES string of the molecule is CC[C@H](C)[C@H](NC(=O)N1c2ccccc2NC(=O)[C@@H]1C(C)C)C(=O)OC. The van der Waals surface area contributed by atoms with Crippen LogP contribution >= 0.6 is 0 Å². The maximum absolute atomic E-state index is 13.1. The second-order valence-electron chi connectivity index (χ2n) is 6.90. The van der Waals surface area contributed by atoms with Crippen molar-refractivity contribution in [3.05, 3.63) is 24.3 Å². The molecule has 0 spiro atoms. The second kappa shape index (κ2) is 8.21. The highest BCUT2D eigenvalue weighted by Crippen LogP contribution is 2.34. The van der Waals surface area contributed by atoms with E-state index >= 15 is 0 Å². The molecule has 0 bridgehead atoms. The minimum atomic E-state index is -0.775. The lowest BCUT2D eigenvalue weighted by Gasteiger charge is -2.39. The van der Waals surface area contributed by atoms with Gasteiger partial charge in [-0.2, -0.15) is 0 Å². The molecule has 142 valence electrons. The van der Waals surface area contributed by atoms with E-state index in [-0.39, 0.29) is 17.7 Å². The van der Waals surface area contributed by atoms with Crippen molar-refractivity contribution in [3.8, 4) is 0 Å². The van der Waals surface area contributed by atoms with E-state index < -0.39 is 24.1 Å². The van der Waals surface area contributed by atoms with E-state index in [0.29, 0.717) is 17.8 Å². The first-order valence-corrected chi connectivity index (χ1v) is 8.89. The number of hydrogen-bond acceptors (Lipinski definition) is 4. The predicted molar refractivity (Wildman–Crippen MR) is 100.0 cm³/mol. The fraction of sp³-hybridized carbons (Fsp3) is 0.526. The lowest BCUT2D eigenvalue weighted by atomic mass is 9.97. The van der Waals surface area contributed by atoms with Crippen molar-refractivity contribution < 1.29 is 19.1 Å². The Bertz CT molecular complexity index is 689. The van der Waals surface area contributed by atoms with Crippen LogP contribution in [0.2, 0.25) is 0 Å². The number of rotatable bonds is 5. The molecule has 1 aromatic carbocycles. The van der Waals surface area contributed by atoms with Gasteiger partial charge >= 0.3 is 12.0 Å². The molecule has 3 amide bonds. The maximum atomic E-state index is 13.1. The van der Waals surface area contributed by atoms with Crippen molar-refractivity contribution in [2.75, 3.05) is 17.3 Å². The zero-order chi connectivity index (χ0) is 19.4. The lowest BCUT2D eigenvalue weighted by Crippen LogP contribution is -2.59. The average Bonchev–Trinajstić information content (AvgIpc) is 2.63. The molecule has 3 atom stereocenters. The van der Waals surface area contributed by atoms with Crippen LogP contribution in [0, 0.1) is 11.8 Å². The maximum Gasteiger partial charge on any atom is 0.328 e. The number of urea groups is 1. The van der Waals surface area contributed by atoms with Gasteiger partial charge in [0.05, 0.1) is 18.5 Å². The highest BCUT2D eigenvalue weighted by molar-refractivity contribution is 6.12. The van der Waals surface area contributed by atoms with Crippen LogP contribution in [0.15, 0.2) is 24.3 Å². The van der Waals surface area contributed by atoms with Gasteiger partial charge < -0.3 is 15.4 Å². The summed E-state index contributed by atoms with van der Waals surface area (Å²) in [4.78, 5) is 39.2. The Hall–Kier alpha value is -2.57. The quantitative estimate of drug-likeness (QED) is 0.790. The second-order valence-corrected chi connectivity index (χ2v) is 6.90. The number of carbonyl (C=O) groups excluding carboxylic acids is 3. The van der Waals surface area contributed by atoms with Gasteiger partial charge in [-0.15, -0.1) is 0 Å². The monoisotopic (exact) mass is 361 g/mol. The number of para-hydroxylation sites is 2. The predicted octanol–water partition coefficient (Wildman–Crippen LogP) is 2.77.